The second-order valence-corrected chi connectivity index (χ2v) is 6.29. The molecule has 0 atom stereocenters. The van der Waals surface area contributed by atoms with Gasteiger partial charge in [0.2, 0.25) is 5.91 Å². The quantitative estimate of drug-likeness (QED) is 0.710. The van der Waals surface area contributed by atoms with E-state index in [-0.39, 0.29) is 18.4 Å². The normalized spacial score (nSPS) is 13.3. The van der Waals surface area contributed by atoms with E-state index in [1.807, 2.05) is 19.1 Å². The summed E-state index contributed by atoms with van der Waals surface area (Å²) < 4.78 is 11.0. The average molecular weight is 382 g/mol. The number of hydrogen-bond acceptors (Lipinski definition) is 5. The zero-order chi connectivity index (χ0) is 19.9. The number of aldehydes is 1. The van der Waals surface area contributed by atoms with Crippen molar-refractivity contribution in [3.63, 3.8) is 0 Å². The first-order chi connectivity index (χ1) is 13.6. The molecular weight excluding hydrogens is 360 g/mol. The van der Waals surface area contributed by atoms with Gasteiger partial charge in [0, 0.05) is 29.9 Å². The highest BCUT2D eigenvalue weighted by Gasteiger charge is 2.21. The van der Waals surface area contributed by atoms with E-state index in [1.165, 1.54) is 0 Å². The number of nitrogens with one attached hydrogen (secondary N) is 1. The summed E-state index contributed by atoms with van der Waals surface area (Å²) in [6, 6.07) is 11.9. The number of rotatable bonds is 8. The van der Waals surface area contributed by atoms with Gasteiger partial charge in [-0.15, -0.1) is 0 Å². The summed E-state index contributed by atoms with van der Waals surface area (Å²) in [6.07, 6.45) is 2.16. The lowest BCUT2D eigenvalue weighted by Gasteiger charge is -2.16. The number of anilines is 2. The molecule has 7 nitrogen and oxygen atoms in total. The molecule has 0 aromatic heterocycles. The number of hydrogen-bond donors (Lipinski definition) is 1. The molecule has 7 heteroatoms. The minimum absolute atomic E-state index is 0.121. The molecule has 1 heterocycles. The van der Waals surface area contributed by atoms with Crippen molar-refractivity contribution < 1.29 is 23.9 Å². The van der Waals surface area contributed by atoms with Crippen LogP contribution in [0.1, 0.15) is 30.1 Å². The molecule has 1 saturated heterocycles. The van der Waals surface area contributed by atoms with Gasteiger partial charge in [0.05, 0.1) is 6.61 Å². The Kier molecular flexibility index (Phi) is 6.26. The van der Waals surface area contributed by atoms with E-state index in [1.54, 1.807) is 35.2 Å². The zero-order valence-electron chi connectivity index (χ0n) is 15.6. The molecule has 3 rings (SSSR count). The molecule has 1 aliphatic rings. The van der Waals surface area contributed by atoms with Gasteiger partial charge in [-0.1, -0.05) is 0 Å². The fraction of sp³-hybridized carbons (Fsp3) is 0.286. The Morgan fingerprint density at radius 3 is 2.57 bits per heavy atom. The lowest BCUT2D eigenvalue weighted by molar-refractivity contribution is -0.118. The lowest BCUT2D eigenvalue weighted by atomic mass is 10.2. The third-order valence-electron chi connectivity index (χ3n) is 4.30. The smallest absolute Gasteiger partial charge is 0.262 e. The predicted octanol–water partition coefficient (Wildman–Crippen LogP) is 3.04. The van der Waals surface area contributed by atoms with E-state index in [9.17, 15) is 14.4 Å². The van der Waals surface area contributed by atoms with Crippen molar-refractivity contribution >= 4 is 29.5 Å². The fourth-order valence-corrected chi connectivity index (χ4v) is 2.97. The SMILES string of the molecule is CCOc1cc(C=O)ccc1OCC(=O)Nc1ccc(N2CCCC2=O)cc1. The van der Waals surface area contributed by atoms with Gasteiger partial charge in [0.1, 0.15) is 6.29 Å². The topological polar surface area (TPSA) is 84.9 Å². The lowest BCUT2D eigenvalue weighted by Crippen LogP contribution is -2.23. The van der Waals surface area contributed by atoms with Crippen LogP contribution >= 0.6 is 0 Å². The Hall–Kier alpha value is -3.35. The summed E-state index contributed by atoms with van der Waals surface area (Å²) in [5.41, 5.74) is 1.91. The van der Waals surface area contributed by atoms with Crippen LogP contribution in [0.4, 0.5) is 11.4 Å². The summed E-state index contributed by atoms with van der Waals surface area (Å²) >= 11 is 0. The van der Waals surface area contributed by atoms with Crippen LogP contribution in [-0.4, -0.2) is 37.9 Å². The Labute approximate surface area is 163 Å². The van der Waals surface area contributed by atoms with Gasteiger partial charge in [-0.25, -0.2) is 0 Å². The van der Waals surface area contributed by atoms with Crippen molar-refractivity contribution in [1.29, 1.82) is 0 Å². The van der Waals surface area contributed by atoms with E-state index in [4.69, 9.17) is 9.47 Å². The molecule has 2 aromatic carbocycles. The van der Waals surface area contributed by atoms with E-state index < -0.39 is 0 Å². The summed E-state index contributed by atoms with van der Waals surface area (Å²) in [6.45, 7) is 2.76. The van der Waals surface area contributed by atoms with Crippen LogP contribution < -0.4 is 19.7 Å². The molecule has 1 aliphatic heterocycles. The van der Waals surface area contributed by atoms with E-state index in [0.717, 1.165) is 24.9 Å². The summed E-state index contributed by atoms with van der Waals surface area (Å²) in [5, 5.41) is 2.75. The van der Waals surface area contributed by atoms with Gasteiger partial charge in [-0.2, -0.15) is 0 Å². The van der Waals surface area contributed by atoms with Crippen LogP contribution in [0.3, 0.4) is 0 Å². The van der Waals surface area contributed by atoms with Crippen molar-refractivity contribution in [1.82, 2.24) is 0 Å². The van der Waals surface area contributed by atoms with Crippen LogP contribution in [0.25, 0.3) is 0 Å². The predicted molar refractivity (Wildman–Crippen MR) is 105 cm³/mol. The maximum atomic E-state index is 12.2. The first kappa shape index (κ1) is 19.4. The van der Waals surface area contributed by atoms with E-state index >= 15 is 0 Å². The Balaban J connectivity index is 1.57. The van der Waals surface area contributed by atoms with Crippen LogP contribution in [0.2, 0.25) is 0 Å². The molecule has 1 fully saturated rings. The molecule has 0 unspecified atom stereocenters. The first-order valence-electron chi connectivity index (χ1n) is 9.16. The molecule has 1 N–H and O–H groups in total. The molecule has 0 spiro atoms. The molecule has 0 saturated carbocycles. The minimum atomic E-state index is -0.327. The van der Waals surface area contributed by atoms with Crippen LogP contribution in [0.15, 0.2) is 42.5 Å². The maximum absolute atomic E-state index is 12.2. The van der Waals surface area contributed by atoms with Crippen molar-refractivity contribution in [2.45, 2.75) is 19.8 Å². The van der Waals surface area contributed by atoms with Crippen LogP contribution in [0.5, 0.6) is 11.5 Å². The van der Waals surface area contributed by atoms with Gasteiger partial charge in [-0.3, -0.25) is 14.4 Å². The first-order valence-corrected chi connectivity index (χ1v) is 9.16. The fourth-order valence-electron chi connectivity index (χ4n) is 2.97. The van der Waals surface area contributed by atoms with Crippen molar-refractivity contribution in [2.24, 2.45) is 0 Å². The molecule has 2 amide bonds. The maximum Gasteiger partial charge on any atom is 0.262 e. The van der Waals surface area contributed by atoms with Crippen molar-refractivity contribution in [2.75, 3.05) is 30.0 Å². The van der Waals surface area contributed by atoms with Gasteiger partial charge in [0.15, 0.2) is 18.1 Å². The molecule has 28 heavy (non-hydrogen) atoms. The van der Waals surface area contributed by atoms with Crippen LogP contribution in [0, 0.1) is 0 Å². The van der Waals surface area contributed by atoms with E-state index in [2.05, 4.69) is 5.32 Å². The molecule has 0 bridgehead atoms. The highest BCUT2D eigenvalue weighted by molar-refractivity contribution is 5.96. The standard InChI is InChI=1S/C21H22N2O5/c1-2-27-19-12-15(13-24)5-10-18(19)28-14-20(25)22-16-6-8-17(9-7-16)23-11-3-4-21(23)26/h5-10,12-13H,2-4,11,14H2,1H3,(H,22,25). The van der Waals surface area contributed by atoms with Crippen molar-refractivity contribution in [3.8, 4) is 11.5 Å². The van der Waals surface area contributed by atoms with Crippen LogP contribution in [-0.2, 0) is 9.59 Å². The minimum Gasteiger partial charge on any atom is -0.490 e. The van der Waals surface area contributed by atoms with Crippen molar-refractivity contribution in [3.05, 3.63) is 48.0 Å². The third-order valence-corrected chi connectivity index (χ3v) is 4.30. The molecule has 0 radical (unpaired) electrons. The molecule has 0 aliphatic carbocycles. The van der Waals surface area contributed by atoms with E-state index in [0.29, 0.717) is 35.8 Å². The van der Waals surface area contributed by atoms with Gasteiger partial charge in [-0.05, 0) is 55.8 Å². The van der Waals surface area contributed by atoms with Gasteiger partial charge >= 0.3 is 0 Å². The zero-order valence-corrected chi connectivity index (χ0v) is 15.6. The number of nitrogens with zero attached hydrogens (tertiary/aromatic N) is 1. The summed E-state index contributed by atoms with van der Waals surface area (Å²) in [5.74, 6) is 0.604. The highest BCUT2D eigenvalue weighted by atomic mass is 16.5. The van der Waals surface area contributed by atoms with Gasteiger partial charge < -0.3 is 19.7 Å². The second kappa shape index (κ2) is 9.03. The summed E-state index contributed by atoms with van der Waals surface area (Å²) in [4.78, 5) is 36.6. The Morgan fingerprint density at radius 1 is 1.14 bits per heavy atom. The number of benzene rings is 2. The Bertz CT molecular complexity index is 864. The average Bonchev–Trinajstić information content (AvgIpc) is 3.13. The molecular formula is C21H22N2O5. The third kappa shape index (κ3) is 4.68. The monoisotopic (exact) mass is 382 g/mol. The largest absolute Gasteiger partial charge is 0.490 e. The molecule has 2 aromatic rings. The number of carbonyl (C=O) groups excluding carboxylic acids is 3. The molecule has 146 valence electrons. The van der Waals surface area contributed by atoms with Gasteiger partial charge in [0.25, 0.3) is 5.91 Å². The number of ether oxygens (including phenoxy) is 2. The number of carbonyl (C=O) groups is 3. The highest BCUT2D eigenvalue weighted by Crippen LogP contribution is 2.28. The second-order valence-electron chi connectivity index (χ2n) is 6.29. The number of amides is 2. The Morgan fingerprint density at radius 2 is 1.93 bits per heavy atom. The summed E-state index contributed by atoms with van der Waals surface area (Å²) in [7, 11) is 0.